The molecule has 0 radical (unpaired) electrons. The Kier molecular flexibility index (Phi) is 22.1. The van der Waals surface area contributed by atoms with Gasteiger partial charge in [0.2, 0.25) is 47.3 Å². The van der Waals surface area contributed by atoms with E-state index < -0.39 is 108 Å². The smallest absolute Gasteiger partial charge is 0.246 e. The first kappa shape index (κ1) is 58.2. The van der Waals surface area contributed by atoms with Crippen molar-refractivity contribution >= 4 is 79.7 Å². The number of carbonyl (C=O) groups excluding carboxylic acids is 8. The van der Waals surface area contributed by atoms with E-state index in [1.54, 1.807) is 48.7 Å². The monoisotopic (exact) mass is 1060 g/mol. The summed E-state index contributed by atoms with van der Waals surface area (Å²) >= 11 is 0. The lowest BCUT2D eigenvalue weighted by Crippen LogP contribution is -2.63. The Morgan fingerprint density at radius 2 is 1.39 bits per heavy atom. The number of aliphatic hydroxyl groups is 2. The molecule has 400 valence electrons. The molecular formula is C50H67N11O11S2. The number of likely N-dealkylation sites (N-methyl/N-ethyl adjacent to an activating group) is 1. The molecule has 1 aliphatic heterocycles. The third-order valence-electron chi connectivity index (χ3n) is 12.3. The summed E-state index contributed by atoms with van der Waals surface area (Å²) in [5, 5.41) is 47.9. The van der Waals surface area contributed by atoms with Crippen LogP contribution >= 0.6 is 21.6 Å². The van der Waals surface area contributed by atoms with Crippen LogP contribution in [0.2, 0.25) is 0 Å². The van der Waals surface area contributed by atoms with Gasteiger partial charge in [0.15, 0.2) is 0 Å². The van der Waals surface area contributed by atoms with Gasteiger partial charge in [0.05, 0.1) is 18.2 Å². The number of amides is 8. The van der Waals surface area contributed by atoms with Crippen molar-refractivity contribution in [3.05, 3.63) is 102 Å². The Bertz CT molecular complexity index is 2570. The quantitative estimate of drug-likeness (QED) is 0.0434. The van der Waals surface area contributed by atoms with E-state index in [4.69, 9.17) is 17.2 Å². The first-order valence-electron chi connectivity index (χ1n) is 24.1. The molecule has 0 bridgehead atoms. The van der Waals surface area contributed by atoms with Crippen LogP contribution in [-0.4, -0.2) is 158 Å². The average molecular weight is 1060 g/mol. The summed E-state index contributed by atoms with van der Waals surface area (Å²) in [4.78, 5) is 117. The molecule has 1 saturated heterocycles. The molecule has 2 heterocycles. The summed E-state index contributed by atoms with van der Waals surface area (Å²) in [6.07, 6.45) is -0.722. The number of nitrogens with zero attached hydrogens (tertiary/aromatic N) is 1. The highest BCUT2D eigenvalue weighted by atomic mass is 33.1. The first-order valence-corrected chi connectivity index (χ1v) is 26.6. The van der Waals surface area contributed by atoms with Crippen molar-refractivity contribution in [2.75, 3.05) is 25.1 Å². The van der Waals surface area contributed by atoms with Crippen LogP contribution in [0.1, 0.15) is 49.8 Å². The highest BCUT2D eigenvalue weighted by molar-refractivity contribution is 8.76. The van der Waals surface area contributed by atoms with Gasteiger partial charge in [-0.25, -0.2) is 0 Å². The van der Waals surface area contributed by atoms with E-state index in [1.165, 1.54) is 33.0 Å². The summed E-state index contributed by atoms with van der Waals surface area (Å²) < 4.78 is 0. The van der Waals surface area contributed by atoms with Crippen LogP contribution in [0.5, 0.6) is 5.75 Å². The fourth-order valence-corrected chi connectivity index (χ4v) is 10.6. The second-order valence-electron chi connectivity index (χ2n) is 18.2. The van der Waals surface area contributed by atoms with E-state index in [1.807, 2.05) is 24.3 Å². The maximum Gasteiger partial charge on any atom is 0.246 e. The molecule has 3 aromatic carbocycles. The largest absolute Gasteiger partial charge is 0.508 e. The zero-order chi connectivity index (χ0) is 54.1. The molecule has 74 heavy (non-hydrogen) atoms. The molecule has 8 amide bonds. The van der Waals surface area contributed by atoms with Crippen LogP contribution in [0.4, 0.5) is 0 Å². The lowest BCUT2D eigenvalue weighted by Gasteiger charge is -2.34. The molecule has 1 aliphatic rings. The van der Waals surface area contributed by atoms with Crippen LogP contribution in [0, 0.1) is 0 Å². The molecule has 4 aromatic rings. The van der Waals surface area contributed by atoms with Crippen LogP contribution in [0.15, 0.2) is 85.1 Å². The van der Waals surface area contributed by atoms with Crippen molar-refractivity contribution in [3.63, 3.8) is 0 Å². The third kappa shape index (κ3) is 16.7. The number of unbranched alkanes of at least 4 members (excludes halogenated alkanes) is 1. The Morgan fingerprint density at radius 1 is 0.770 bits per heavy atom. The number of aromatic hydroxyl groups is 1. The molecule has 0 spiro atoms. The third-order valence-corrected chi connectivity index (χ3v) is 14.8. The maximum atomic E-state index is 14.8. The minimum Gasteiger partial charge on any atom is -0.508 e. The van der Waals surface area contributed by atoms with Crippen molar-refractivity contribution in [1.82, 2.24) is 41.8 Å². The van der Waals surface area contributed by atoms with Crippen molar-refractivity contribution < 1.29 is 53.7 Å². The number of nitrogens with two attached hydrogens (primary N) is 3. The topological polar surface area (TPSA) is 367 Å². The SMILES string of the molecule is C[C@@H](O)[C@H](NC(=O)[C@@H]1CSSC[C@H](NC(=O)[C@@H](N)Cc2ccc(O)cc2)C(=O)N[C@@H](Cc2ccccc2)C(=O)N[C@H](Cc2c[nH]c3ccccc23)C(=O)N[C@@H](CCCCN)C(=O)N(C)[C@@H]([C@@H](C)O)C(=O)N1)C(N)=O. The predicted molar refractivity (Wildman–Crippen MR) is 280 cm³/mol. The van der Waals surface area contributed by atoms with E-state index in [0.29, 0.717) is 29.5 Å². The second kappa shape index (κ2) is 28.1. The van der Waals surface area contributed by atoms with Gasteiger partial charge < -0.3 is 74.3 Å². The van der Waals surface area contributed by atoms with Crippen LogP contribution in [0.25, 0.3) is 10.9 Å². The molecule has 24 heteroatoms. The number of carbonyl (C=O) groups is 8. The van der Waals surface area contributed by atoms with E-state index in [9.17, 15) is 53.7 Å². The highest BCUT2D eigenvalue weighted by Crippen LogP contribution is 2.25. The van der Waals surface area contributed by atoms with Crippen molar-refractivity contribution in [2.45, 2.75) is 113 Å². The Morgan fingerprint density at radius 3 is 2.04 bits per heavy atom. The van der Waals surface area contributed by atoms with Gasteiger partial charge in [0, 0.05) is 48.5 Å². The van der Waals surface area contributed by atoms with Crippen LogP contribution in [-0.2, 0) is 57.6 Å². The number of aromatic nitrogens is 1. The Labute approximate surface area is 436 Å². The lowest BCUT2D eigenvalue weighted by molar-refractivity contribution is -0.146. The number of rotatable bonds is 17. The standard InChI is InChI=1S/C50H67N11O11S2/c1-27(62)41(43(53)65)60-48(70)40-26-74-73-25-39(58-44(66)34(52)21-30-16-18-32(64)19-17-30)47(69)56-37(22-29-11-5-4-6-12-29)45(67)57-38(23-31-24-54-35-14-8-7-13-33(31)35)46(68)55-36(15-9-10-20-51)50(72)61(3)42(28(2)63)49(71)59-40/h4-8,11-14,16-19,24,27-28,34,36-42,54,62-64H,9-10,15,20-23,25-26,51-52H2,1-3H3,(H2,53,65)(H,55,68)(H,56,69)(H,57,67)(H,58,66)(H,59,71)(H,60,70)/t27-,28-,34+,36+,37+,38-,39+,40+,41+,42+/m1/s1. The molecule has 0 unspecified atom stereocenters. The summed E-state index contributed by atoms with van der Waals surface area (Å²) in [6, 6.07) is 10.6. The fourth-order valence-electron chi connectivity index (χ4n) is 8.25. The van der Waals surface area contributed by atoms with Crippen molar-refractivity contribution in [2.24, 2.45) is 17.2 Å². The number of H-pyrrole nitrogens is 1. The number of fused-ring (bicyclic) bond motifs is 1. The lowest BCUT2D eigenvalue weighted by atomic mass is 10.0. The summed E-state index contributed by atoms with van der Waals surface area (Å²) in [5.74, 6) is -7.58. The molecule has 0 aliphatic carbocycles. The maximum absolute atomic E-state index is 14.8. The van der Waals surface area contributed by atoms with Gasteiger partial charge >= 0.3 is 0 Å². The van der Waals surface area contributed by atoms with Gasteiger partial charge in [0.25, 0.3) is 0 Å². The number of para-hydroxylation sites is 1. The Hall–Kier alpha value is -6.70. The molecular weight excluding hydrogens is 995 g/mol. The number of benzene rings is 3. The number of phenolic OH excluding ortho intramolecular Hbond substituents is 1. The molecule has 16 N–H and O–H groups in total. The van der Waals surface area contributed by atoms with E-state index >= 15 is 0 Å². The van der Waals surface area contributed by atoms with Gasteiger partial charge in [-0.05, 0) is 81.0 Å². The van der Waals surface area contributed by atoms with Crippen molar-refractivity contribution in [1.29, 1.82) is 0 Å². The van der Waals surface area contributed by atoms with E-state index in [0.717, 1.165) is 37.4 Å². The number of aromatic amines is 1. The first-order chi connectivity index (χ1) is 35.3. The zero-order valence-electron chi connectivity index (χ0n) is 41.3. The fraction of sp³-hybridized carbons (Fsp3) is 0.440. The highest BCUT2D eigenvalue weighted by Gasteiger charge is 2.39. The minimum absolute atomic E-state index is 0.00270. The molecule has 10 atom stereocenters. The number of primary amides is 1. The molecule has 1 aromatic heterocycles. The number of hydrogen-bond donors (Lipinski definition) is 13. The summed E-state index contributed by atoms with van der Waals surface area (Å²) in [7, 11) is 3.18. The average Bonchev–Trinajstić information content (AvgIpc) is 3.77. The summed E-state index contributed by atoms with van der Waals surface area (Å²) in [6.45, 7) is 2.72. The van der Waals surface area contributed by atoms with E-state index in [2.05, 4.69) is 36.9 Å². The molecule has 5 rings (SSSR count). The number of nitrogens with one attached hydrogen (secondary N) is 7. The van der Waals surface area contributed by atoms with E-state index in [-0.39, 0.29) is 49.5 Å². The number of hydrogen-bond acceptors (Lipinski definition) is 15. The molecule has 1 fully saturated rings. The zero-order valence-corrected chi connectivity index (χ0v) is 43.0. The Balaban J connectivity index is 1.59. The number of phenols is 1. The summed E-state index contributed by atoms with van der Waals surface area (Å²) in [5.41, 5.74) is 20.2. The second-order valence-corrected chi connectivity index (χ2v) is 20.7. The molecule has 22 nitrogen and oxygen atoms in total. The van der Waals surface area contributed by atoms with Gasteiger partial charge in [-0.15, -0.1) is 0 Å². The minimum atomic E-state index is -1.67. The van der Waals surface area contributed by atoms with Gasteiger partial charge in [-0.1, -0.05) is 82.3 Å². The van der Waals surface area contributed by atoms with Crippen LogP contribution < -0.4 is 49.1 Å². The predicted octanol–water partition coefficient (Wildman–Crippen LogP) is -1.26. The van der Waals surface area contributed by atoms with Crippen LogP contribution in [0.3, 0.4) is 0 Å². The number of aliphatic hydroxyl groups excluding tert-OH is 2. The van der Waals surface area contributed by atoms with Gasteiger partial charge in [0.1, 0.15) is 48.0 Å². The molecule has 0 saturated carbocycles. The normalized spacial score (nSPS) is 22.5. The van der Waals surface area contributed by atoms with Crippen molar-refractivity contribution in [3.8, 4) is 5.75 Å². The van der Waals surface area contributed by atoms with Gasteiger partial charge in [-0.2, -0.15) is 0 Å². The van der Waals surface area contributed by atoms with Gasteiger partial charge in [-0.3, -0.25) is 38.4 Å².